The van der Waals surface area contributed by atoms with Crippen molar-refractivity contribution in [3.8, 4) is 11.5 Å². The summed E-state index contributed by atoms with van der Waals surface area (Å²) in [6, 6.07) is 15.2. The monoisotopic (exact) mass is 368 g/mol. The zero-order chi connectivity index (χ0) is 19.3. The fourth-order valence-electron chi connectivity index (χ4n) is 3.02. The molecular formula is C24H32O3. The molecule has 0 aliphatic rings. The van der Waals surface area contributed by atoms with Gasteiger partial charge in [-0.05, 0) is 54.7 Å². The highest BCUT2D eigenvalue weighted by Crippen LogP contribution is 2.17. The van der Waals surface area contributed by atoms with Crippen molar-refractivity contribution >= 4 is 6.16 Å². The van der Waals surface area contributed by atoms with Gasteiger partial charge in [0.1, 0.15) is 11.5 Å². The van der Waals surface area contributed by atoms with Gasteiger partial charge in [0.2, 0.25) is 0 Å². The molecule has 146 valence electrons. The van der Waals surface area contributed by atoms with Crippen LogP contribution >= 0.6 is 0 Å². The van der Waals surface area contributed by atoms with Crippen LogP contribution in [0.5, 0.6) is 11.5 Å². The Balaban J connectivity index is 1.68. The first-order chi connectivity index (χ1) is 13.2. The lowest BCUT2D eigenvalue weighted by Gasteiger charge is -2.07. The minimum atomic E-state index is -0.709. The Hall–Kier alpha value is -2.29. The van der Waals surface area contributed by atoms with E-state index in [0.29, 0.717) is 11.5 Å². The molecule has 3 nitrogen and oxygen atoms in total. The van der Waals surface area contributed by atoms with Gasteiger partial charge >= 0.3 is 6.16 Å². The van der Waals surface area contributed by atoms with E-state index in [4.69, 9.17) is 9.47 Å². The Kier molecular flexibility index (Phi) is 9.47. The molecule has 0 heterocycles. The Labute approximate surface area is 163 Å². The normalized spacial score (nSPS) is 10.6. The molecule has 0 atom stereocenters. The molecule has 2 aromatic rings. The van der Waals surface area contributed by atoms with E-state index < -0.39 is 6.16 Å². The maximum absolute atomic E-state index is 11.9. The third-order valence-corrected chi connectivity index (χ3v) is 4.73. The number of benzene rings is 2. The smallest absolute Gasteiger partial charge is 0.395 e. The summed E-state index contributed by atoms with van der Waals surface area (Å²) >= 11 is 0. The van der Waals surface area contributed by atoms with Crippen molar-refractivity contribution in [1.82, 2.24) is 0 Å². The van der Waals surface area contributed by atoms with Gasteiger partial charge in [-0.2, -0.15) is 0 Å². The second-order valence-corrected chi connectivity index (χ2v) is 6.97. The zero-order valence-corrected chi connectivity index (χ0v) is 16.7. The number of carbonyl (C=O) groups is 1. The molecule has 0 aliphatic heterocycles. The zero-order valence-electron chi connectivity index (χ0n) is 16.7. The van der Waals surface area contributed by atoms with Gasteiger partial charge < -0.3 is 9.47 Å². The van der Waals surface area contributed by atoms with Crippen LogP contribution in [0.3, 0.4) is 0 Å². The maximum Gasteiger partial charge on any atom is 0.519 e. The highest BCUT2D eigenvalue weighted by Gasteiger charge is 2.08. The molecule has 3 heteroatoms. The average Bonchev–Trinajstić information content (AvgIpc) is 2.69. The molecule has 0 bridgehead atoms. The van der Waals surface area contributed by atoms with Crippen LogP contribution in [0.2, 0.25) is 0 Å². The van der Waals surface area contributed by atoms with Gasteiger partial charge in [-0.25, -0.2) is 4.79 Å². The van der Waals surface area contributed by atoms with Gasteiger partial charge in [0.15, 0.2) is 0 Å². The van der Waals surface area contributed by atoms with E-state index in [1.54, 1.807) is 12.1 Å². The Morgan fingerprint density at radius 2 is 1.15 bits per heavy atom. The van der Waals surface area contributed by atoms with E-state index in [2.05, 4.69) is 13.8 Å². The summed E-state index contributed by atoms with van der Waals surface area (Å²) in [7, 11) is 0. The lowest BCUT2D eigenvalue weighted by Crippen LogP contribution is -2.13. The Morgan fingerprint density at radius 1 is 0.667 bits per heavy atom. The predicted octanol–water partition coefficient (Wildman–Crippen LogP) is 7.12. The van der Waals surface area contributed by atoms with Crippen LogP contribution in [0, 0.1) is 0 Å². The van der Waals surface area contributed by atoms with Gasteiger partial charge in [-0.3, -0.25) is 0 Å². The first kappa shape index (κ1) is 21.0. The van der Waals surface area contributed by atoms with E-state index in [1.807, 2.05) is 36.4 Å². The first-order valence-corrected chi connectivity index (χ1v) is 10.3. The Bertz CT molecular complexity index is 659. The summed E-state index contributed by atoms with van der Waals surface area (Å²) in [5.74, 6) is 1.00. The molecular weight excluding hydrogens is 336 g/mol. The van der Waals surface area contributed by atoms with Crippen molar-refractivity contribution in [3.63, 3.8) is 0 Å². The van der Waals surface area contributed by atoms with Crippen LogP contribution in [0.1, 0.15) is 69.9 Å². The third-order valence-electron chi connectivity index (χ3n) is 4.73. The summed E-state index contributed by atoms with van der Waals surface area (Å²) in [5, 5.41) is 0. The lowest BCUT2D eigenvalue weighted by atomic mass is 10.0. The fourth-order valence-corrected chi connectivity index (χ4v) is 3.02. The van der Waals surface area contributed by atoms with E-state index >= 15 is 0 Å². The summed E-state index contributed by atoms with van der Waals surface area (Å²) in [5.41, 5.74) is 2.48. The summed E-state index contributed by atoms with van der Waals surface area (Å²) < 4.78 is 10.5. The molecule has 0 aliphatic carbocycles. The van der Waals surface area contributed by atoms with Gasteiger partial charge in [-0.1, -0.05) is 76.6 Å². The molecule has 0 aromatic heterocycles. The van der Waals surface area contributed by atoms with Crippen molar-refractivity contribution in [2.24, 2.45) is 0 Å². The van der Waals surface area contributed by atoms with Gasteiger partial charge in [0.05, 0.1) is 0 Å². The molecule has 0 unspecified atom stereocenters. The Morgan fingerprint density at radius 3 is 1.67 bits per heavy atom. The van der Waals surface area contributed by atoms with Crippen LogP contribution in [-0.2, 0) is 12.8 Å². The maximum atomic E-state index is 11.9. The highest BCUT2D eigenvalue weighted by atomic mass is 16.7. The molecule has 2 rings (SSSR count). The number of hydrogen-bond acceptors (Lipinski definition) is 3. The van der Waals surface area contributed by atoms with Crippen molar-refractivity contribution in [1.29, 1.82) is 0 Å². The highest BCUT2D eigenvalue weighted by molar-refractivity contribution is 5.67. The molecule has 0 saturated carbocycles. The van der Waals surface area contributed by atoms with E-state index in [-0.39, 0.29) is 0 Å². The summed E-state index contributed by atoms with van der Waals surface area (Å²) in [4.78, 5) is 11.9. The second kappa shape index (κ2) is 12.2. The number of hydrogen-bond donors (Lipinski definition) is 0. The van der Waals surface area contributed by atoms with Crippen LogP contribution in [0.15, 0.2) is 48.5 Å². The summed E-state index contributed by atoms with van der Waals surface area (Å²) in [6.45, 7) is 4.33. The van der Waals surface area contributed by atoms with E-state index in [9.17, 15) is 4.79 Å². The SMILES string of the molecule is CCCCCCCCCc1ccc(OC(=O)Oc2ccc(CC)cc2)cc1. The largest absolute Gasteiger partial charge is 0.519 e. The van der Waals surface area contributed by atoms with Gasteiger partial charge in [-0.15, -0.1) is 0 Å². The molecule has 2 aromatic carbocycles. The van der Waals surface area contributed by atoms with Gasteiger partial charge in [0.25, 0.3) is 0 Å². The van der Waals surface area contributed by atoms with Crippen molar-refractivity contribution in [3.05, 3.63) is 59.7 Å². The number of aryl methyl sites for hydroxylation is 2. The van der Waals surface area contributed by atoms with E-state index in [1.165, 1.54) is 56.1 Å². The topological polar surface area (TPSA) is 35.5 Å². The molecule has 0 saturated heterocycles. The summed E-state index contributed by atoms with van der Waals surface area (Å²) in [6.07, 6.45) is 10.5. The number of rotatable bonds is 11. The van der Waals surface area contributed by atoms with E-state index in [0.717, 1.165) is 12.8 Å². The third kappa shape index (κ3) is 8.29. The minimum Gasteiger partial charge on any atom is -0.395 e. The second-order valence-electron chi connectivity index (χ2n) is 6.97. The molecule has 0 N–H and O–H groups in total. The standard InChI is InChI=1S/C24H32O3/c1-3-5-6-7-8-9-10-11-21-14-18-23(19-15-21)27-24(25)26-22-16-12-20(4-2)13-17-22/h12-19H,3-11H2,1-2H3. The molecule has 27 heavy (non-hydrogen) atoms. The van der Waals surface area contributed by atoms with Crippen LogP contribution < -0.4 is 9.47 Å². The molecule has 0 fully saturated rings. The van der Waals surface area contributed by atoms with Crippen molar-refractivity contribution < 1.29 is 14.3 Å². The molecule has 0 spiro atoms. The fraction of sp³-hybridized carbons (Fsp3) is 0.458. The van der Waals surface area contributed by atoms with Crippen molar-refractivity contribution in [2.75, 3.05) is 0 Å². The van der Waals surface area contributed by atoms with Crippen LogP contribution in [0.4, 0.5) is 4.79 Å². The number of ether oxygens (including phenoxy) is 2. The lowest BCUT2D eigenvalue weighted by molar-refractivity contribution is 0.152. The van der Waals surface area contributed by atoms with Crippen LogP contribution in [0.25, 0.3) is 0 Å². The van der Waals surface area contributed by atoms with Gasteiger partial charge in [0, 0.05) is 0 Å². The average molecular weight is 369 g/mol. The van der Waals surface area contributed by atoms with Crippen LogP contribution in [-0.4, -0.2) is 6.16 Å². The molecule has 0 radical (unpaired) electrons. The van der Waals surface area contributed by atoms with Crippen molar-refractivity contribution in [2.45, 2.75) is 71.6 Å². The predicted molar refractivity (Wildman–Crippen MR) is 111 cm³/mol. The number of unbranched alkanes of at least 4 members (excludes halogenated alkanes) is 6. The number of carbonyl (C=O) groups excluding carboxylic acids is 1. The first-order valence-electron chi connectivity index (χ1n) is 10.3. The minimum absolute atomic E-state index is 0.493. The molecule has 0 amide bonds. The quantitative estimate of drug-likeness (QED) is 0.241.